The number of methoxy groups -OCH3 is 1. The van der Waals surface area contributed by atoms with Gasteiger partial charge in [0.25, 0.3) is 11.6 Å². The van der Waals surface area contributed by atoms with Gasteiger partial charge in [-0.2, -0.15) is 5.01 Å². The van der Waals surface area contributed by atoms with E-state index in [0.717, 1.165) is 5.01 Å². The van der Waals surface area contributed by atoms with Crippen molar-refractivity contribution in [2.24, 2.45) is 5.10 Å². The smallest absolute Gasteiger partial charge is 0.284 e. The number of hydrazone groups is 1. The molecular weight excluding hydrogens is 350 g/mol. The molecule has 0 unspecified atom stereocenters. The summed E-state index contributed by atoms with van der Waals surface area (Å²) in [6.45, 7) is 2.13. The molecule has 1 amide bonds. The second-order valence-corrected chi connectivity index (χ2v) is 5.53. The van der Waals surface area contributed by atoms with Crippen molar-refractivity contribution in [2.45, 2.75) is 6.92 Å². The number of non-ortho nitro benzene ring substituents is 1. The van der Waals surface area contributed by atoms with E-state index in [-0.39, 0.29) is 17.2 Å². The fourth-order valence-electron chi connectivity index (χ4n) is 2.59. The first-order valence-electron chi connectivity index (χ1n) is 8.20. The molecule has 0 atom stereocenters. The molecule has 0 bridgehead atoms. The summed E-state index contributed by atoms with van der Waals surface area (Å²) in [4.78, 5) is 23.2. The van der Waals surface area contributed by atoms with Crippen molar-refractivity contribution in [1.82, 2.24) is 0 Å². The predicted molar refractivity (Wildman–Crippen MR) is 101 cm³/mol. The van der Waals surface area contributed by atoms with Crippen LogP contribution < -0.4 is 9.75 Å². The molecule has 0 saturated heterocycles. The van der Waals surface area contributed by atoms with Crippen LogP contribution in [0.5, 0.6) is 5.75 Å². The zero-order valence-corrected chi connectivity index (χ0v) is 14.8. The minimum absolute atomic E-state index is 0.0656. The van der Waals surface area contributed by atoms with Crippen molar-refractivity contribution in [3.05, 3.63) is 69.8 Å². The Kier molecular flexibility index (Phi) is 5.16. The van der Waals surface area contributed by atoms with Gasteiger partial charge in [0.1, 0.15) is 11.3 Å². The van der Waals surface area contributed by atoms with E-state index in [1.165, 1.54) is 24.3 Å². The monoisotopic (exact) mass is 367 g/mol. The molecule has 3 rings (SSSR count). The largest absolute Gasteiger partial charge is 0.496 e. The van der Waals surface area contributed by atoms with Crippen LogP contribution in [-0.4, -0.2) is 30.4 Å². The van der Waals surface area contributed by atoms with E-state index in [9.17, 15) is 14.9 Å². The Morgan fingerprint density at radius 3 is 2.52 bits per heavy atom. The number of para-hydroxylation sites is 1. The van der Waals surface area contributed by atoms with Crippen LogP contribution in [0.25, 0.3) is 6.08 Å². The van der Waals surface area contributed by atoms with Gasteiger partial charge in [-0.05, 0) is 31.2 Å². The number of nitrogens with zero attached hydrogens (tertiary/aromatic N) is 3. The van der Waals surface area contributed by atoms with Gasteiger partial charge in [0.15, 0.2) is 0 Å². The van der Waals surface area contributed by atoms with Crippen LogP contribution in [0.2, 0.25) is 0 Å². The average Bonchev–Trinajstić information content (AvgIpc) is 2.98. The molecule has 2 aromatic carbocycles. The maximum Gasteiger partial charge on any atom is 0.284 e. The van der Waals surface area contributed by atoms with Crippen LogP contribution in [0.1, 0.15) is 12.5 Å². The number of carbonyl (C=O) groups excluding carboxylic acids is 1. The van der Waals surface area contributed by atoms with Gasteiger partial charge in [0.2, 0.25) is 5.90 Å². The third kappa shape index (κ3) is 3.64. The van der Waals surface area contributed by atoms with Crippen LogP contribution in [0.15, 0.2) is 59.2 Å². The average molecular weight is 367 g/mol. The van der Waals surface area contributed by atoms with Crippen molar-refractivity contribution in [1.29, 1.82) is 0 Å². The Hall–Kier alpha value is -3.68. The van der Waals surface area contributed by atoms with Crippen LogP contribution in [0, 0.1) is 10.1 Å². The van der Waals surface area contributed by atoms with Gasteiger partial charge in [0, 0.05) is 17.7 Å². The second-order valence-electron chi connectivity index (χ2n) is 5.53. The minimum atomic E-state index is -0.502. The van der Waals surface area contributed by atoms with Crippen molar-refractivity contribution in [2.75, 3.05) is 18.7 Å². The van der Waals surface area contributed by atoms with Crippen molar-refractivity contribution in [3.63, 3.8) is 0 Å². The van der Waals surface area contributed by atoms with Gasteiger partial charge in [-0.15, -0.1) is 5.10 Å². The molecule has 138 valence electrons. The number of hydrogen-bond donors (Lipinski definition) is 0. The molecule has 1 heterocycles. The summed E-state index contributed by atoms with van der Waals surface area (Å²) in [5.41, 5.74) is 1.33. The molecular formula is C19H17N3O5. The summed E-state index contributed by atoms with van der Waals surface area (Å²) in [7, 11) is 1.55. The van der Waals surface area contributed by atoms with Crippen molar-refractivity contribution < 1.29 is 19.2 Å². The van der Waals surface area contributed by atoms with Gasteiger partial charge < -0.3 is 9.47 Å². The first-order valence-corrected chi connectivity index (χ1v) is 8.20. The van der Waals surface area contributed by atoms with Crippen LogP contribution in [0.3, 0.4) is 0 Å². The fourth-order valence-corrected chi connectivity index (χ4v) is 2.59. The molecule has 0 aromatic heterocycles. The first-order chi connectivity index (χ1) is 13.0. The Labute approximate surface area is 155 Å². The molecule has 8 nitrogen and oxygen atoms in total. The van der Waals surface area contributed by atoms with Crippen LogP contribution in [0.4, 0.5) is 11.4 Å². The van der Waals surface area contributed by atoms with E-state index in [1.54, 1.807) is 26.2 Å². The van der Waals surface area contributed by atoms with E-state index in [2.05, 4.69) is 5.10 Å². The summed E-state index contributed by atoms with van der Waals surface area (Å²) < 4.78 is 10.8. The molecule has 0 aliphatic carbocycles. The zero-order valence-electron chi connectivity index (χ0n) is 14.8. The lowest BCUT2D eigenvalue weighted by Gasteiger charge is -2.10. The summed E-state index contributed by atoms with van der Waals surface area (Å²) in [6.07, 6.45) is 1.65. The third-order valence-electron chi connectivity index (χ3n) is 3.87. The number of ether oxygens (including phenoxy) is 2. The highest BCUT2D eigenvalue weighted by Gasteiger charge is 2.33. The van der Waals surface area contributed by atoms with E-state index < -0.39 is 10.8 Å². The number of hydrogen-bond acceptors (Lipinski definition) is 6. The quantitative estimate of drug-likeness (QED) is 0.459. The molecule has 0 spiro atoms. The first kappa shape index (κ1) is 18.1. The number of rotatable bonds is 5. The highest BCUT2D eigenvalue weighted by Crippen LogP contribution is 2.29. The van der Waals surface area contributed by atoms with Crippen LogP contribution >= 0.6 is 0 Å². The number of benzene rings is 2. The Bertz CT molecular complexity index is 935. The number of nitro groups is 1. The second kappa shape index (κ2) is 7.69. The molecule has 1 aliphatic heterocycles. The fraction of sp³-hybridized carbons (Fsp3) is 0.158. The molecule has 0 fully saturated rings. The van der Waals surface area contributed by atoms with Crippen LogP contribution in [-0.2, 0) is 9.53 Å². The number of amides is 1. The van der Waals surface area contributed by atoms with Gasteiger partial charge >= 0.3 is 0 Å². The zero-order chi connectivity index (χ0) is 19.4. The molecule has 27 heavy (non-hydrogen) atoms. The Balaban J connectivity index is 1.99. The van der Waals surface area contributed by atoms with Crippen molar-refractivity contribution in [3.8, 4) is 5.75 Å². The molecule has 8 heteroatoms. The maximum atomic E-state index is 12.9. The normalized spacial score (nSPS) is 15.0. The van der Waals surface area contributed by atoms with E-state index in [1.807, 2.05) is 18.2 Å². The van der Waals surface area contributed by atoms with Gasteiger partial charge in [-0.25, -0.2) is 0 Å². The lowest BCUT2D eigenvalue weighted by molar-refractivity contribution is -0.384. The highest BCUT2D eigenvalue weighted by molar-refractivity contribution is 6.30. The number of carbonyl (C=O) groups is 1. The SMILES string of the molecule is CCOC1=NN(c2ccc([N+](=O)[O-])cc2)C(=O)/C1=C/c1ccccc1OC. The maximum absolute atomic E-state index is 12.9. The van der Waals surface area contributed by atoms with E-state index in [4.69, 9.17) is 9.47 Å². The lowest BCUT2D eigenvalue weighted by Crippen LogP contribution is -2.21. The van der Waals surface area contributed by atoms with Gasteiger partial charge in [0.05, 0.1) is 24.3 Å². The summed E-state index contributed by atoms with van der Waals surface area (Å²) in [5, 5.41) is 16.2. The summed E-state index contributed by atoms with van der Waals surface area (Å²) >= 11 is 0. The van der Waals surface area contributed by atoms with Gasteiger partial charge in [-0.3, -0.25) is 14.9 Å². The Morgan fingerprint density at radius 1 is 1.19 bits per heavy atom. The third-order valence-corrected chi connectivity index (χ3v) is 3.87. The predicted octanol–water partition coefficient (Wildman–Crippen LogP) is 3.38. The van der Waals surface area contributed by atoms with Crippen molar-refractivity contribution >= 4 is 29.3 Å². The van der Waals surface area contributed by atoms with E-state index >= 15 is 0 Å². The Morgan fingerprint density at radius 2 is 1.89 bits per heavy atom. The number of nitro benzene ring substituents is 1. The topological polar surface area (TPSA) is 94.3 Å². The molecule has 2 aromatic rings. The molecule has 1 aliphatic rings. The summed E-state index contributed by atoms with van der Waals surface area (Å²) in [6, 6.07) is 12.8. The molecule has 0 N–H and O–H groups in total. The molecule has 0 radical (unpaired) electrons. The van der Waals surface area contributed by atoms with Gasteiger partial charge in [-0.1, -0.05) is 18.2 Å². The summed E-state index contributed by atoms with van der Waals surface area (Å²) in [5.74, 6) is 0.410. The molecule has 0 saturated carbocycles. The minimum Gasteiger partial charge on any atom is -0.496 e. The standard InChI is InChI=1S/C19H17N3O5/c1-3-27-18-16(12-13-6-4-5-7-17(13)26-2)19(23)21(20-18)14-8-10-15(11-9-14)22(24)25/h4-12H,3H2,1-2H3/b16-12+. The van der Waals surface area contributed by atoms with E-state index in [0.29, 0.717) is 23.6 Å². The number of anilines is 1. The lowest BCUT2D eigenvalue weighted by atomic mass is 10.1. The highest BCUT2D eigenvalue weighted by atomic mass is 16.6.